The number of thioether (sulfide) groups is 1. The molecular formula is C26H20BrN3OS. The monoisotopic (exact) mass is 501 g/mol. The van der Waals surface area contributed by atoms with Crippen molar-refractivity contribution >= 4 is 38.2 Å². The second-order valence-corrected chi connectivity index (χ2v) is 8.48. The van der Waals surface area contributed by atoms with Gasteiger partial charge in [0.1, 0.15) is 23.2 Å². The van der Waals surface area contributed by atoms with Gasteiger partial charge in [0.2, 0.25) is 0 Å². The lowest BCUT2D eigenvalue weighted by Crippen LogP contribution is -2.02. The molecule has 0 aliphatic rings. The summed E-state index contributed by atoms with van der Waals surface area (Å²) >= 11 is 5.31. The summed E-state index contributed by atoms with van der Waals surface area (Å²) in [6, 6.07) is 30.0. The second-order valence-electron chi connectivity index (χ2n) is 6.87. The van der Waals surface area contributed by atoms with Crippen molar-refractivity contribution in [1.82, 2.24) is 9.78 Å². The average Bonchev–Trinajstić information content (AvgIpc) is 3.20. The topological polar surface area (TPSA) is 50.8 Å². The number of halogens is 1. The van der Waals surface area contributed by atoms with E-state index in [2.05, 4.69) is 22.0 Å². The molecule has 0 radical (unpaired) electrons. The average molecular weight is 502 g/mol. The van der Waals surface area contributed by atoms with Crippen LogP contribution in [0.2, 0.25) is 0 Å². The van der Waals surface area contributed by atoms with Crippen LogP contribution in [0.15, 0.2) is 89.4 Å². The summed E-state index contributed by atoms with van der Waals surface area (Å²) in [5.41, 5.74) is 4.86. The smallest absolute Gasteiger partial charge is 0.118 e. The molecule has 0 fully saturated rings. The molecule has 0 N–H and O–H groups in total. The molecule has 158 valence electrons. The van der Waals surface area contributed by atoms with E-state index in [1.54, 1.807) is 7.11 Å². The van der Waals surface area contributed by atoms with Gasteiger partial charge in [0, 0.05) is 10.5 Å². The number of hydrogen-bond acceptors (Lipinski definition) is 4. The summed E-state index contributed by atoms with van der Waals surface area (Å²) in [6.45, 7) is 0. The van der Waals surface area contributed by atoms with Crippen LogP contribution in [-0.4, -0.2) is 23.1 Å². The maximum atomic E-state index is 10.3. The number of allylic oxidation sites excluding steroid dienone is 1. The number of aromatic nitrogens is 2. The lowest BCUT2D eigenvalue weighted by Gasteiger charge is -2.12. The van der Waals surface area contributed by atoms with Crippen LogP contribution >= 0.6 is 27.7 Å². The molecule has 0 aliphatic carbocycles. The van der Waals surface area contributed by atoms with Gasteiger partial charge in [0.05, 0.1) is 22.8 Å². The highest BCUT2D eigenvalue weighted by molar-refractivity contribution is 9.10. The van der Waals surface area contributed by atoms with Gasteiger partial charge in [0.25, 0.3) is 0 Å². The Balaban J connectivity index is 2.00. The number of ether oxygens (including phenoxy) is 1. The first-order chi connectivity index (χ1) is 15.7. The highest BCUT2D eigenvalue weighted by Gasteiger charge is 2.24. The van der Waals surface area contributed by atoms with E-state index in [-0.39, 0.29) is 0 Å². The normalized spacial score (nSPS) is 11.6. The molecule has 1 heterocycles. The molecule has 6 heteroatoms. The van der Waals surface area contributed by atoms with E-state index in [9.17, 15) is 5.26 Å². The Morgan fingerprint density at radius 3 is 2.16 bits per heavy atom. The number of hydrogen-bond donors (Lipinski definition) is 0. The fraction of sp³-hybridized carbons (Fsp3) is 0.0769. The van der Waals surface area contributed by atoms with Gasteiger partial charge in [-0.25, -0.2) is 4.68 Å². The molecule has 32 heavy (non-hydrogen) atoms. The first kappa shape index (κ1) is 21.9. The summed E-state index contributed by atoms with van der Waals surface area (Å²) in [7, 11) is 1.64. The highest BCUT2D eigenvalue weighted by atomic mass is 79.9. The summed E-state index contributed by atoms with van der Waals surface area (Å²) < 4.78 is 7.91. The Morgan fingerprint density at radius 1 is 0.969 bits per heavy atom. The van der Waals surface area contributed by atoms with E-state index in [0.717, 1.165) is 43.3 Å². The van der Waals surface area contributed by atoms with Crippen LogP contribution in [0.3, 0.4) is 0 Å². The number of nitriles is 1. The first-order valence-electron chi connectivity index (χ1n) is 9.90. The first-order valence-corrected chi connectivity index (χ1v) is 11.9. The van der Waals surface area contributed by atoms with Crippen molar-refractivity contribution in [3.63, 3.8) is 0 Å². The van der Waals surface area contributed by atoms with E-state index in [4.69, 9.17) is 9.84 Å². The quantitative estimate of drug-likeness (QED) is 0.265. The van der Waals surface area contributed by atoms with Crippen molar-refractivity contribution in [3.8, 4) is 28.8 Å². The largest absolute Gasteiger partial charge is 0.497 e. The van der Waals surface area contributed by atoms with Crippen molar-refractivity contribution in [1.29, 1.82) is 5.26 Å². The molecule has 0 atom stereocenters. The standard InChI is InChI=1S/C26H20BrN3OS/c1-31-21-15-13-19(14-16-21)26(32-2)22(17-28)25-23(27)24(18-9-5-3-6-10-18)29-30(25)20-11-7-4-8-12-20/h3-16H,1-2H3/b26-22-. The number of rotatable bonds is 6. The Hall–Kier alpha value is -3.27. The molecule has 0 amide bonds. The molecule has 3 aromatic carbocycles. The van der Waals surface area contributed by atoms with Gasteiger partial charge >= 0.3 is 0 Å². The Labute approximate surface area is 200 Å². The minimum atomic E-state index is 0.549. The lowest BCUT2D eigenvalue weighted by atomic mass is 10.1. The molecule has 0 saturated carbocycles. The maximum Gasteiger partial charge on any atom is 0.118 e. The van der Waals surface area contributed by atoms with Crippen LogP contribution in [-0.2, 0) is 0 Å². The van der Waals surface area contributed by atoms with Crippen molar-refractivity contribution in [2.45, 2.75) is 0 Å². The van der Waals surface area contributed by atoms with E-state index in [0.29, 0.717) is 5.57 Å². The zero-order chi connectivity index (χ0) is 22.5. The SMILES string of the molecule is COc1ccc(/C(SC)=C(\C#N)c2c(Br)c(-c3ccccc3)nn2-c2ccccc2)cc1. The molecule has 0 aliphatic heterocycles. The Bertz CT molecular complexity index is 1290. The van der Waals surface area contributed by atoms with Crippen LogP contribution < -0.4 is 4.74 Å². The highest BCUT2D eigenvalue weighted by Crippen LogP contribution is 2.41. The van der Waals surface area contributed by atoms with Gasteiger partial charge in [-0.3, -0.25) is 0 Å². The van der Waals surface area contributed by atoms with E-state index >= 15 is 0 Å². The number of nitrogens with zero attached hydrogens (tertiary/aromatic N) is 3. The summed E-state index contributed by atoms with van der Waals surface area (Å²) in [4.78, 5) is 0.868. The third-order valence-corrected chi connectivity index (χ3v) is 6.61. The molecule has 0 saturated heterocycles. The summed E-state index contributed by atoms with van der Waals surface area (Å²) in [5, 5.41) is 15.2. The molecular weight excluding hydrogens is 482 g/mol. The van der Waals surface area contributed by atoms with Gasteiger partial charge < -0.3 is 4.74 Å². The van der Waals surface area contributed by atoms with Gasteiger partial charge in [-0.05, 0) is 52.0 Å². The van der Waals surface area contributed by atoms with Crippen molar-refractivity contribution in [2.75, 3.05) is 13.4 Å². The predicted octanol–water partition coefficient (Wildman–Crippen LogP) is 7.07. The Kier molecular flexibility index (Phi) is 6.79. The molecule has 0 spiro atoms. The third kappa shape index (κ3) is 4.22. The van der Waals surface area contributed by atoms with Crippen molar-refractivity contribution in [3.05, 3.63) is 101 Å². The minimum Gasteiger partial charge on any atom is -0.497 e. The fourth-order valence-electron chi connectivity index (χ4n) is 3.47. The van der Waals surface area contributed by atoms with Gasteiger partial charge in [-0.1, -0.05) is 60.7 Å². The van der Waals surface area contributed by atoms with Gasteiger partial charge in [0.15, 0.2) is 0 Å². The maximum absolute atomic E-state index is 10.3. The fourth-order valence-corrected chi connectivity index (χ4v) is 4.86. The number of methoxy groups -OCH3 is 1. The summed E-state index contributed by atoms with van der Waals surface area (Å²) in [6.07, 6.45) is 1.98. The molecule has 4 nitrogen and oxygen atoms in total. The molecule has 0 unspecified atom stereocenters. The van der Waals surface area contributed by atoms with E-state index < -0.39 is 0 Å². The Morgan fingerprint density at radius 2 is 1.59 bits per heavy atom. The van der Waals surface area contributed by atoms with Crippen LogP contribution in [0.25, 0.3) is 27.4 Å². The second kappa shape index (κ2) is 9.90. The zero-order valence-corrected chi connectivity index (χ0v) is 20.0. The number of benzene rings is 3. The van der Waals surface area contributed by atoms with Crippen LogP contribution in [0.1, 0.15) is 11.3 Å². The summed E-state index contributed by atoms with van der Waals surface area (Å²) in [5.74, 6) is 0.773. The van der Waals surface area contributed by atoms with E-state index in [1.807, 2.05) is 95.9 Å². The molecule has 0 bridgehead atoms. The van der Waals surface area contributed by atoms with Gasteiger partial charge in [-0.15, -0.1) is 11.8 Å². The number of para-hydroxylation sites is 1. The molecule has 1 aromatic heterocycles. The lowest BCUT2D eigenvalue weighted by molar-refractivity contribution is 0.415. The predicted molar refractivity (Wildman–Crippen MR) is 136 cm³/mol. The van der Waals surface area contributed by atoms with Crippen molar-refractivity contribution < 1.29 is 4.74 Å². The minimum absolute atomic E-state index is 0.549. The zero-order valence-electron chi connectivity index (χ0n) is 17.6. The molecule has 4 aromatic rings. The van der Waals surface area contributed by atoms with Crippen LogP contribution in [0.4, 0.5) is 0 Å². The third-order valence-electron chi connectivity index (χ3n) is 5.01. The van der Waals surface area contributed by atoms with Crippen LogP contribution in [0.5, 0.6) is 5.75 Å². The van der Waals surface area contributed by atoms with Gasteiger partial charge in [-0.2, -0.15) is 10.4 Å². The van der Waals surface area contributed by atoms with E-state index in [1.165, 1.54) is 11.8 Å². The van der Waals surface area contributed by atoms with Crippen LogP contribution in [0, 0.1) is 11.3 Å². The van der Waals surface area contributed by atoms with Crippen molar-refractivity contribution in [2.24, 2.45) is 0 Å². The molecule has 4 rings (SSSR count).